The van der Waals surface area contributed by atoms with E-state index in [1.807, 2.05) is 6.92 Å². The molecule has 3 rings (SSSR count). The minimum Gasteiger partial charge on any atom is -0.508 e. The third kappa shape index (κ3) is 3.85. The number of benzene rings is 1. The molecule has 1 aromatic carbocycles. The molecule has 5 nitrogen and oxygen atoms in total. The van der Waals surface area contributed by atoms with Gasteiger partial charge in [0.2, 0.25) is 5.91 Å². The van der Waals surface area contributed by atoms with Crippen molar-refractivity contribution in [1.29, 1.82) is 0 Å². The lowest BCUT2D eigenvalue weighted by Gasteiger charge is -2.39. The predicted octanol–water partition coefficient (Wildman–Crippen LogP) is 2.39. The quantitative estimate of drug-likeness (QED) is 0.818. The van der Waals surface area contributed by atoms with E-state index in [0.717, 1.165) is 36.7 Å². The minimum absolute atomic E-state index is 0.00980. The largest absolute Gasteiger partial charge is 0.508 e. The predicted molar refractivity (Wildman–Crippen MR) is 89.6 cm³/mol. The van der Waals surface area contributed by atoms with Crippen molar-refractivity contribution in [2.24, 2.45) is 5.92 Å². The summed E-state index contributed by atoms with van der Waals surface area (Å²) >= 11 is 0. The molecule has 1 heterocycles. The molecule has 2 aliphatic rings. The molecule has 1 aliphatic heterocycles. The second kappa shape index (κ2) is 7.32. The first-order valence-corrected chi connectivity index (χ1v) is 8.62. The van der Waals surface area contributed by atoms with Gasteiger partial charge in [0.25, 0.3) is 0 Å². The summed E-state index contributed by atoms with van der Waals surface area (Å²) in [5.41, 5.74) is 1.73. The number of carbonyl (C=O) groups excluding carboxylic acids is 1. The van der Waals surface area contributed by atoms with Crippen LogP contribution in [-0.2, 0) is 16.0 Å². The average Bonchev–Trinajstić information content (AvgIpc) is 2.53. The number of ether oxygens (including phenoxy) is 1. The Morgan fingerprint density at radius 2 is 2.26 bits per heavy atom. The molecule has 23 heavy (non-hydrogen) atoms. The number of hydrogen-bond acceptors (Lipinski definition) is 4. The van der Waals surface area contributed by atoms with Gasteiger partial charge in [-0.1, -0.05) is 13.3 Å². The van der Waals surface area contributed by atoms with E-state index < -0.39 is 0 Å². The van der Waals surface area contributed by atoms with Gasteiger partial charge < -0.3 is 15.2 Å². The van der Waals surface area contributed by atoms with Crippen LogP contribution in [0.25, 0.3) is 0 Å². The van der Waals surface area contributed by atoms with Crippen molar-refractivity contribution < 1.29 is 14.6 Å². The van der Waals surface area contributed by atoms with Crippen LogP contribution in [0.3, 0.4) is 0 Å². The number of aryl methyl sites for hydroxylation is 1. The first-order chi connectivity index (χ1) is 11.2. The molecule has 1 aromatic rings. The topological polar surface area (TPSA) is 61.8 Å². The summed E-state index contributed by atoms with van der Waals surface area (Å²) in [4.78, 5) is 15.0. The summed E-state index contributed by atoms with van der Waals surface area (Å²) in [7, 11) is 0. The van der Waals surface area contributed by atoms with Crippen LogP contribution in [-0.4, -0.2) is 48.3 Å². The molecule has 1 saturated carbocycles. The van der Waals surface area contributed by atoms with Crippen LogP contribution in [0, 0.1) is 5.92 Å². The van der Waals surface area contributed by atoms with Crippen LogP contribution in [0.4, 0.5) is 5.69 Å². The summed E-state index contributed by atoms with van der Waals surface area (Å²) in [5.74, 6) is 0.958. The van der Waals surface area contributed by atoms with Crippen LogP contribution in [0.1, 0.15) is 31.7 Å². The number of phenolic OH excluding ortho intramolecular Hbond substituents is 1. The van der Waals surface area contributed by atoms with Crippen molar-refractivity contribution in [2.75, 3.05) is 31.6 Å². The molecular formula is C18H26N2O3. The van der Waals surface area contributed by atoms with Gasteiger partial charge in [-0.2, -0.15) is 0 Å². The number of carbonyl (C=O) groups is 1. The molecule has 1 saturated heterocycles. The SMILES string of the molecule is CCc1cc(O)ccc1NC(=O)C1COCCN1CC1CCC1. The average molecular weight is 318 g/mol. The Hall–Kier alpha value is -1.59. The van der Waals surface area contributed by atoms with Gasteiger partial charge in [0, 0.05) is 18.8 Å². The van der Waals surface area contributed by atoms with Gasteiger partial charge in [0.05, 0.1) is 13.2 Å². The maximum absolute atomic E-state index is 12.7. The highest BCUT2D eigenvalue weighted by Gasteiger charge is 2.32. The Bertz CT molecular complexity index is 557. The van der Waals surface area contributed by atoms with Crippen molar-refractivity contribution in [3.63, 3.8) is 0 Å². The molecule has 2 fully saturated rings. The zero-order valence-corrected chi connectivity index (χ0v) is 13.8. The van der Waals surface area contributed by atoms with E-state index in [1.54, 1.807) is 18.2 Å². The first kappa shape index (κ1) is 16.3. The number of hydrogen-bond donors (Lipinski definition) is 2. The zero-order chi connectivity index (χ0) is 16.2. The number of rotatable bonds is 5. The molecule has 0 aromatic heterocycles. The molecular weight excluding hydrogens is 292 g/mol. The van der Waals surface area contributed by atoms with E-state index in [0.29, 0.717) is 13.2 Å². The van der Waals surface area contributed by atoms with Crippen molar-refractivity contribution >= 4 is 11.6 Å². The lowest BCUT2D eigenvalue weighted by atomic mass is 9.84. The molecule has 0 bridgehead atoms. The highest BCUT2D eigenvalue weighted by Crippen LogP contribution is 2.28. The Labute approximate surface area is 137 Å². The maximum atomic E-state index is 12.7. The summed E-state index contributed by atoms with van der Waals surface area (Å²) in [6, 6.07) is 4.87. The first-order valence-electron chi connectivity index (χ1n) is 8.62. The van der Waals surface area contributed by atoms with Gasteiger partial charge in [0.1, 0.15) is 11.8 Å². The molecule has 5 heteroatoms. The fraction of sp³-hybridized carbons (Fsp3) is 0.611. The second-order valence-electron chi connectivity index (χ2n) is 6.57. The van der Waals surface area contributed by atoms with E-state index in [1.165, 1.54) is 19.3 Å². The van der Waals surface area contributed by atoms with Gasteiger partial charge >= 0.3 is 0 Å². The molecule has 0 radical (unpaired) electrons. The lowest BCUT2D eigenvalue weighted by molar-refractivity contribution is -0.128. The van der Waals surface area contributed by atoms with Gasteiger partial charge in [-0.15, -0.1) is 0 Å². The van der Waals surface area contributed by atoms with Crippen molar-refractivity contribution in [3.8, 4) is 5.75 Å². The molecule has 2 N–H and O–H groups in total. The van der Waals surface area contributed by atoms with Crippen molar-refractivity contribution in [3.05, 3.63) is 23.8 Å². The van der Waals surface area contributed by atoms with Crippen molar-refractivity contribution in [2.45, 2.75) is 38.6 Å². The number of nitrogens with one attached hydrogen (secondary N) is 1. The summed E-state index contributed by atoms with van der Waals surface area (Å²) in [5, 5.41) is 12.6. The van der Waals surface area contributed by atoms with Gasteiger partial charge in [-0.05, 0) is 48.9 Å². The summed E-state index contributed by atoms with van der Waals surface area (Å²) < 4.78 is 5.54. The van der Waals surface area contributed by atoms with E-state index in [4.69, 9.17) is 4.74 Å². The van der Waals surface area contributed by atoms with Crippen LogP contribution in [0.2, 0.25) is 0 Å². The Balaban J connectivity index is 1.67. The molecule has 1 aliphatic carbocycles. The molecule has 1 unspecified atom stereocenters. The number of nitrogens with zero attached hydrogens (tertiary/aromatic N) is 1. The van der Waals surface area contributed by atoms with Crippen LogP contribution < -0.4 is 5.32 Å². The van der Waals surface area contributed by atoms with Gasteiger partial charge in [-0.25, -0.2) is 0 Å². The highest BCUT2D eigenvalue weighted by molar-refractivity contribution is 5.95. The zero-order valence-electron chi connectivity index (χ0n) is 13.8. The second-order valence-corrected chi connectivity index (χ2v) is 6.57. The summed E-state index contributed by atoms with van der Waals surface area (Å²) in [6.45, 7) is 4.99. The number of anilines is 1. The fourth-order valence-corrected chi connectivity index (χ4v) is 3.32. The van der Waals surface area contributed by atoms with E-state index in [9.17, 15) is 9.90 Å². The summed E-state index contributed by atoms with van der Waals surface area (Å²) in [6.07, 6.45) is 4.64. The number of morpholine rings is 1. The Morgan fingerprint density at radius 1 is 1.43 bits per heavy atom. The van der Waals surface area contributed by atoms with E-state index >= 15 is 0 Å². The molecule has 126 valence electrons. The minimum atomic E-state index is -0.220. The monoisotopic (exact) mass is 318 g/mol. The Kier molecular flexibility index (Phi) is 5.18. The normalized spacial score (nSPS) is 22.6. The Morgan fingerprint density at radius 3 is 2.96 bits per heavy atom. The van der Waals surface area contributed by atoms with Crippen LogP contribution in [0.15, 0.2) is 18.2 Å². The standard InChI is InChI=1S/C18H26N2O3/c1-2-14-10-15(21)6-7-16(14)19-18(22)17-12-23-9-8-20(17)11-13-4-3-5-13/h6-7,10,13,17,21H,2-5,8-9,11-12H2,1H3,(H,19,22). The maximum Gasteiger partial charge on any atom is 0.244 e. The van der Waals surface area contributed by atoms with Gasteiger partial charge in [0.15, 0.2) is 0 Å². The van der Waals surface area contributed by atoms with Crippen LogP contribution in [0.5, 0.6) is 5.75 Å². The number of amides is 1. The smallest absolute Gasteiger partial charge is 0.244 e. The van der Waals surface area contributed by atoms with E-state index in [-0.39, 0.29) is 17.7 Å². The van der Waals surface area contributed by atoms with Crippen molar-refractivity contribution in [1.82, 2.24) is 4.90 Å². The lowest BCUT2D eigenvalue weighted by Crippen LogP contribution is -2.53. The molecule has 0 spiro atoms. The van der Waals surface area contributed by atoms with Crippen LogP contribution >= 0.6 is 0 Å². The number of aromatic hydroxyl groups is 1. The van der Waals surface area contributed by atoms with E-state index in [2.05, 4.69) is 10.2 Å². The fourth-order valence-electron chi connectivity index (χ4n) is 3.32. The third-order valence-electron chi connectivity index (χ3n) is 4.99. The van der Waals surface area contributed by atoms with Gasteiger partial charge in [-0.3, -0.25) is 9.69 Å². The molecule has 1 atom stereocenters. The number of phenols is 1. The molecule has 1 amide bonds. The third-order valence-corrected chi connectivity index (χ3v) is 4.99. The highest BCUT2D eigenvalue weighted by atomic mass is 16.5.